The minimum absolute atomic E-state index is 0.0154. The second-order valence-corrected chi connectivity index (χ2v) is 13.3. The molecule has 11 heteroatoms. The Morgan fingerprint density at radius 2 is 1.39 bits per heavy atom. The maximum Gasteiger partial charge on any atom is 0.206 e. The monoisotopic (exact) mass is 556 g/mol. The van der Waals surface area contributed by atoms with Gasteiger partial charge in [0.05, 0.1) is 38.8 Å². The van der Waals surface area contributed by atoms with Gasteiger partial charge < -0.3 is 9.47 Å². The summed E-state index contributed by atoms with van der Waals surface area (Å²) in [7, 11) is -7.05. The Hall–Kier alpha value is -1.19. The Balaban J connectivity index is 2.17. The normalized spacial score (nSPS) is 14.0. The molecule has 2 unspecified atom stereocenters. The standard InChI is InChI=1S/C22H27Cl3O6S2/c1-4-32(26,27)14-16(3)13-31-22-20(24)9-19(10-21(22)25)33(28,29)18-7-5-17(6-8-18)30-12-15(2)11-23/h5-10,15-16H,4,11-14H2,1-3H3. The smallest absolute Gasteiger partial charge is 0.206 e. The zero-order valence-corrected chi connectivity index (χ0v) is 22.5. The highest BCUT2D eigenvalue weighted by Crippen LogP contribution is 2.37. The molecule has 0 aromatic heterocycles. The van der Waals surface area contributed by atoms with Crippen molar-refractivity contribution in [1.29, 1.82) is 0 Å². The lowest BCUT2D eigenvalue weighted by Crippen LogP contribution is -2.21. The topological polar surface area (TPSA) is 86.7 Å². The van der Waals surface area contributed by atoms with Gasteiger partial charge in [-0.25, -0.2) is 16.8 Å². The third-order valence-corrected chi connectivity index (χ3v) is 9.50. The van der Waals surface area contributed by atoms with Gasteiger partial charge in [0.25, 0.3) is 0 Å². The number of benzene rings is 2. The molecule has 2 rings (SSSR count). The van der Waals surface area contributed by atoms with E-state index in [0.717, 1.165) is 0 Å². The molecule has 0 bridgehead atoms. The number of hydrogen-bond acceptors (Lipinski definition) is 6. The molecular formula is C22H27Cl3O6S2. The van der Waals surface area contributed by atoms with Crippen molar-refractivity contribution in [3.8, 4) is 11.5 Å². The minimum Gasteiger partial charge on any atom is -0.493 e. The van der Waals surface area contributed by atoms with E-state index >= 15 is 0 Å². The lowest BCUT2D eigenvalue weighted by atomic mass is 10.2. The van der Waals surface area contributed by atoms with Crippen molar-refractivity contribution in [3.05, 3.63) is 46.4 Å². The number of sulfone groups is 2. The van der Waals surface area contributed by atoms with Gasteiger partial charge in [0, 0.05) is 23.5 Å². The molecule has 0 amide bonds. The van der Waals surface area contributed by atoms with Crippen LogP contribution in [0.5, 0.6) is 11.5 Å². The first-order valence-corrected chi connectivity index (χ1v) is 14.8. The highest BCUT2D eigenvalue weighted by atomic mass is 35.5. The van der Waals surface area contributed by atoms with Crippen LogP contribution in [0.3, 0.4) is 0 Å². The SMILES string of the molecule is CCS(=O)(=O)CC(C)COc1c(Cl)cc(S(=O)(=O)c2ccc(OCC(C)CCl)cc2)cc1Cl. The summed E-state index contributed by atoms with van der Waals surface area (Å²) < 4.78 is 60.8. The largest absolute Gasteiger partial charge is 0.493 e. The number of ether oxygens (including phenoxy) is 2. The van der Waals surface area contributed by atoms with Crippen molar-refractivity contribution in [3.63, 3.8) is 0 Å². The fourth-order valence-corrected chi connectivity index (χ4v) is 6.11. The van der Waals surface area contributed by atoms with Crippen LogP contribution in [0, 0.1) is 11.8 Å². The Labute approximate surface area is 211 Å². The van der Waals surface area contributed by atoms with Gasteiger partial charge in [0.1, 0.15) is 15.6 Å². The number of rotatable bonds is 12. The Bertz CT molecular complexity index is 1130. The van der Waals surface area contributed by atoms with E-state index in [0.29, 0.717) is 18.2 Å². The molecule has 33 heavy (non-hydrogen) atoms. The molecule has 0 fully saturated rings. The molecule has 2 aromatic rings. The fraction of sp³-hybridized carbons (Fsp3) is 0.455. The molecule has 184 valence electrons. The van der Waals surface area contributed by atoms with E-state index in [1.165, 1.54) is 24.3 Å². The van der Waals surface area contributed by atoms with Crippen LogP contribution in [-0.4, -0.2) is 47.4 Å². The van der Waals surface area contributed by atoms with Crippen LogP contribution < -0.4 is 9.47 Å². The predicted octanol–water partition coefficient (Wildman–Crippen LogP) is 5.53. The van der Waals surface area contributed by atoms with Crippen LogP contribution in [0.15, 0.2) is 46.2 Å². The molecular weight excluding hydrogens is 531 g/mol. The van der Waals surface area contributed by atoms with E-state index in [-0.39, 0.29) is 55.5 Å². The van der Waals surface area contributed by atoms with Gasteiger partial charge in [-0.15, -0.1) is 11.6 Å². The van der Waals surface area contributed by atoms with Gasteiger partial charge in [-0.05, 0) is 36.4 Å². The first kappa shape index (κ1) is 28.1. The molecule has 0 aliphatic heterocycles. The summed E-state index contributed by atoms with van der Waals surface area (Å²) in [6, 6.07) is 8.55. The second-order valence-electron chi connectivity index (χ2n) is 7.88. The second kappa shape index (κ2) is 12.0. The average molecular weight is 558 g/mol. The third-order valence-electron chi connectivity index (χ3n) is 4.70. The maximum absolute atomic E-state index is 13.0. The molecule has 0 aliphatic rings. The summed E-state index contributed by atoms with van der Waals surface area (Å²) in [6.45, 7) is 5.75. The fourth-order valence-electron chi connectivity index (χ4n) is 2.79. The van der Waals surface area contributed by atoms with Crippen LogP contribution >= 0.6 is 34.8 Å². The zero-order valence-electron chi connectivity index (χ0n) is 18.6. The summed E-state index contributed by atoms with van der Waals surface area (Å²) in [5.41, 5.74) is 0. The van der Waals surface area contributed by atoms with Crippen molar-refractivity contribution in [2.75, 3.05) is 30.6 Å². The summed E-state index contributed by atoms with van der Waals surface area (Å²) in [5, 5.41) is 0.0308. The van der Waals surface area contributed by atoms with Gasteiger partial charge in [0.2, 0.25) is 9.84 Å². The van der Waals surface area contributed by atoms with E-state index in [4.69, 9.17) is 44.3 Å². The molecule has 0 heterocycles. The van der Waals surface area contributed by atoms with Crippen molar-refractivity contribution in [2.24, 2.45) is 11.8 Å². The molecule has 0 radical (unpaired) electrons. The van der Waals surface area contributed by atoms with Crippen LogP contribution in [0.1, 0.15) is 20.8 Å². The van der Waals surface area contributed by atoms with E-state index in [1.807, 2.05) is 6.92 Å². The summed E-state index contributed by atoms with van der Waals surface area (Å²) in [5.74, 6) is 0.989. The highest BCUT2D eigenvalue weighted by molar-refractivity contribution is 7.91. The predicted molar refractivity (Wildman–Crippen MR) is 133 cm³/mol. The molecule has 0 saturated heterocycles. The molecule has 2 atom stereocenters. The first-order valence-electron chi connectivity index (χ1n) is 10.3. The summed E-state index contributed by atoms with van der Waals surface area (Å²) in [6.07, 6.45) is 0. The first-order chi connectivity index (χ1) is 15.4. The van der Waals surface area contributed by atoms with Gasteiger partial charge >= 0.3 is 0 Å². The number of alkyl halides is 1. The van der Waals surface area contributed by atoms with Crippen molar-refractivity contribution in [2.45, 2.75) is 30.6 Å². The van der Waals surface area contributed by atoms with Crippen LogP contribution in [0.2, 0.25) is 10.0 Å². The molecule has 0 saturated carbocycles. The van der Waals surface area contributed by atoms with Crippen LogP contribution in [0.25, 0.3) is 0 Å². The third kappa shape index (κ3) is 7.92. The molecule has 6 nitrogen and oxygen atoms in total. The summed E-state index contributed by atoms with van der Waals surface area (Å²) >= 11 is 18.3. The quantitative estimate of drug-likeness (QED) is 0.319. The number of halogens is 3. The average Bonchev–Trinajstić information content (AvgIpc) is 2.76. The van der Waals surface area contributed by atoms with Gasteiger partial charge in [-0.2, -0.15) is 0 Å². The van der Waals surface area contributed by atoms with Crippen molar-refractivity contribution < 1.29 is 26.3 Å². The van der Waals surface area contributed by atoms with Gasteiger partial charge in [0.15, 0.2) is 5.75 Å². The Kier molecular flexibility index (Phi) is 10.2. The van der Waals surface area contributed by atoms with Crippen molar-refractivity contribution >= 4 is 54.5 Å². The molecule has 0 aliphatic carbocycles. The minimum atomic E-state index is -3.89. The lowest BCUT2D eigenvalue weighted by molar-refractivity contribution is 0.272. The molecule has 2 aromatic carbocycles. The van der Waals surface area contributed by atoms with Crippen LogP contribution in [-0.2, 0) is 19.7 Å². The zero-order chi connectivity index (χ0) is 24.8. The van der Waals surface area contributed by atoms with E-state index in [2.05, 4.69) is 0 Å². The van der Waals surface area contributed by atoms with E-state index in [1.54, 1.807) is 26.0 Å². The van der Waals surface area contributed by atoms with Crippen LogP contribution in [0.4, 0.5) is 0 Å². The summed E-state index contributed by atoms with van der Waals surface area (Å²) in [4.78, 5) is -0.0321. The highest BCUT2D eigenvalue weighted by Gasteiger charge is 2.22. The van der Waals surface area contributed by atoms with Gasteiger partial charge in [-0.1, -0.05) is 44.0 Å². The lowest BCUT2D eigenvalue weighted by Gasteiger charge is -2.16. The Morgan fingerprint density at radius 3 is 1.91 bits per heavy atom. The number of hydrogen-bond donors (Lipinski definition) is 0. The maximum atomic E-state index is 13.0. The molecule has 0 spiro atoms. The molecule has 0 N–H and O–H groups in total. The van der Waals surface area contributed by atoms with E-state index in [9.17, 15) is 16.8 Å². The van der Waals surface area contributed by atoms with Crippen molar-refractivity contribution in [1.82, 2.24) is 0 Å². The van der Waals surface area contributed by atoms with Gasteiger partial charge in [-0.3, -0.25) is 0 Å². The Morgan fingerprint density at radius 1 is 0.848 bits per heavy atom. The van der Waals surface area contributed by atoms with E-state index < -0.39 is 19.7 Å².